The summed E-state index contributed by atoms with van der Waals surface area (Å²) in [5.41, 5.74) is 2.04. The molecular weight excluding hydrogens is 320 g/mol. The van der Waals surface area contributed by atoms with E-state index in [-0.39, 0.29) is 12.1 Å². The van der Waals surface area contributed by atoms with Crippen molar-refractivity contribution in [2.45, 2.75) is 40.2 Å². The lowest BCUT2D eigenvalue weighted by Crippen LogP contribution is -2.25. The molecule has 0 saturated carbocycles. The molecule has 1 N–H and O–H groups in total. The number of nitrogens with one attached hydrogen (secondary N) is 1. The molecule has 0 radical (unpaired) electrons. The van der Waals surface area contributed by atoms with Gasteiger partial charge in [-0.3, -0.25) is 9.58 Å². The third-order valence-electron chi connectivity index (χ3n) is 3.54. The van der Waals surface area contributed by atoms with Gasteiger partial charge in [0.15, 0.2) is 0 Å². The Kier molecular flexibility index (Phi) is 6.32. The van der Waals surface area contributed by atoms with Crippen LogP contribution in [0, 0.1) is 6.92 Å². The molecule has 1 fully saturated rings. The first kappa shape index (κ1) is 18.7. The van der Waals surface area contributed by atoms with E-state index < -0.39 is 0 Å². The van der Waals surface area contributed by atoms with E-state index in [1.165, 1.54) is 11.3 Å². The van der Waals surface area contributed by atoms with Crippen LogP contribution in [0.4, 0.5) is 16.6 Å². The largest absolute Gasteiger partial charge is 0.447 e. The topological polar surface area (TPSA) is 85.2 Å². The Bertz CT molecular complexity index is 715. The van der Waals surface area contributed by atoms with Crippen molar-refractivity contribution >= 4 is 17.9 Å². The van der Waals surface area contributed by atoms with Gasteiger partial charge in [-0.15, -0.1) is 0 Å². The molecule has 2 aromatic heterocycles. The highest BCUT2D eigenvalue weighted by Gasteiger charge is 2.25. The number of carbonyl (C=O) groups excluding carboxylic acids is 1. The van der Waals surface area contributed by atoms with E-state index in [9.17, 15) is 4.79 Å². The van der Waals surface area contributed by atoms with Crippen LogP contribution in [-0.4, -0.2) is 39.0 Å². The highest BCUT2D eigenvalue weighted by molar-refractivity contribution is 5.88. The molecule has 8 heteroatoms. The number of ether oxygens (including phenoxy) is 1. The summed E-state index contributed by atoms with van der Waals surface area (Å²) >= 11 is 0. The maximum atomic E-state index is 11.6. The van der Waals surface area contributed by atoms with Gasteiger partial charge in [-0.2, -0.15) is 10.1 Å². The van der Waals surface area contributed by atoms with E-state index >= 15 is 0 Å². The van der Waals surface area contributed by atoms with Gasteiger partial charge in [0.25, 0.3) is 0 Å². The van der Waals surface area contributed by atoms with Gasteiger partial charge in [0.05, 0.1) is 18.3 Å². The Morgan fingerprint density at radius 3 is 2.68 bits per heavy atom. The van der Waals surface area contributed by atoms with Crippen molar-refractivity contribution in [1.82, 2.24) is 19.7 Å². The van der Waals surface area contributed by atoms with Gasteiger partial charge < -0.3 is 10.1 Å². The third kappa shape index (κ3) is 4.68. The van der Waals surface area contributed by atoms with Crippen LogP contribution >= 0.6 is 0 Å². The highest BCUT2D eigenvalue weighted by Crippen LogP contribution is 2.21. The maximum absolute atomic E-state index is 11.6. The van der Waals surface area contributed by atoms with Crippen LogP contribution in [0.25, 0.3) is 0 Å². The number of hydrogen-bond donors (Lipinski definition) is 1. The summed E-state index contributed by atoms with van der Waals surface area (Å²) in [4.78, 5) is 21.7. The minimum absolute atomic E-state index is 0.00878. The number of hydrogen-bond acceptors (Lipinski definition) is 6. The second-order valence-corrected chi connectivity index (χ2v) is 5.92. The molecule has 1 saturated heterocycles. The van der Waals surface area contributed by atoms with Crippen molar-refractivity contribution in [3.63, 3.8) is 0 Å². The normalized spacial score (nSPS) is 14.6. The fourth-order valence-corrected chi connectivity index (χ4v) is 2.49. The van der Waals surface area contributed by atoms with Gasteiger partial charge in [-0.25, -0.2) is 9.78 Å². The van der Waals surface area contributed by atoms with E-state index in [1.54, 1.807) is 16.9 Å². The van der Waals surface area contributed by atoms with Crippen molar-refractivity contribution in [2.75, 3.05) is 23.4 Å². The van der Waals surface area contributed by atoms with E-state index in [0.717, 1.165) is 11.3 Å². The average Bonchev–Trinajstić information content (AvgIpc) is 3.13. The van der Waals surface area contributed by atoms with Gasteiger partial charge in [-0.1, -0.05) is 20.3 Å². The fraction of sp³-hybridized carbons (Fsp3) is 0.529. The molecular formula is C17H26N6O2. The lowest BCUT2D eigenvalue weighted by molar-refractivity contribution is 0.181. The van der Waals surface area contributed by atoms with Gasteiger partial charge in [-0.05, 0) is 19.9 Å². The quantitative estimate of drug-likeness (QED) is 0.916. The van der Waals surface area contributed by atoms with Crippen LogP contribution in [0.1, 0.15) is 44.5 Å². The zero-order valence-electron chi connectivity index (χ0n) is 15.5. The van der Waals surface area contributed by atoms with Gasteiger partial charge >= 0.3 is 6.09 Å². The highest BCUT2D eigenvalue weighted by atomic mass is 16.6. The molecule has 8 nitrogen and oxygen atoms in total. The Morgan fingerprint density at radius 2 is 2.12 bits per heavy atom. The monoisotopic (exact) mass is 346 g/mol. The molecule has 1 atom stereocenters. The first-order valence-electron chi connectivity index (χ1n) is 8.50. The Hall–Kier alpha value is -2.64. The van der Waals surface area contributed by atoms with Crippen LogP contribution in [0.15, 0.2) is 18.5 Å². The first-order chi connectivity index (χ1) is 12.0. The molecule has 1 aliphatic rings. The van der Waals surface area contributed by atoms with Crippen LogP contribution in [0.5, 0.6) is 0 Å². The van der Waals surface area contributed by atoms with Crippen molar-refractivity contribution in [3.8, 4) is 0 Å². The van der Waals surface area contributed by atoms with Crippen LogP contribution in [0.2, 0.25) is 0 Å². The molecule has 1 aliphatic heterocycles. The number of anilines is 2. The molecule has 0 spiro atoms. The first-order valence-corrected chi connectivity index (χ1v) is 8.50. The van der Waals surface area contributed by atoms with E-state index in [4.69, 9.17) is 4.74 Å². The lowest BCUT2D eigenvalue weighted by atomic mass is 10.1. The molecule has 3 rings (SSSR count). The van der Waals surface area contributed by atoms with Crippen molar-refractivity contribution in [1.29, 1.82) is 0 Å². The minimum atomic E-state index is -0.374. The number of nitrogens with zero attached hydrogens (tertiary/aromatic N) is 5. The number of cyclic esters (lactones) is 1. The summed E-state index contributed by atoms with van der Waals surface area (Å²) in [5, 5.41) is 7.57. The molecule has 0 bridgehead atoms. The van der Waals surface area contributed by atoms with E-state index in [2.05, 4.69) is 34.2 Å². The summed E-state index contributed by atoms with van der Waals surface area (Å²) in [7, 11) is 1.89. The molecule has 25 heavy (non-hydrogen) atoms. The standard InChI is InChI=1S/C14H18N6O2.C3H8/c1-9(11-8-19(3)18-10(11)2)16-13-15-5-4-12(17-13)20-6-7-22-14(20)21;1-3-2/h4-5,8-9H,6-7H2,1-3H3,(H,15,16,17);3H2,1-2H3. The molecule has 0 aromatic carbocycles. The van der Waals surface area contributed by atoms with Crippen molar-refractivity contribution in [2.24, 2.45) is 7.05 Å². The third-order valence-corrected chi connectivity index (χ3v) is 3.54. The summed E-state index contributed by atoms with van der Waals surface area (Å²) in [6.07, 6.45) is 4.47. The summed E-state index contributed by atoms with van der Waals surface area (Å²) < 4.78 is 6.70. The second-order valence-electron chi connectivity index (χ2n) is 5.92. The number of aromatic nitrogens is 4. The number of carbonyl (C=O) groups is 1. The zero-order chi connectivity index (χ0) is 18.4. The predicted octanol–water partition coefficient (Wildman–Crippen LogP) is 3.06. The van der Waals surface area contributed by atoms with Crippen molar-refractivity contribution in [3.05, 3.63) is 29.7 Å². The van der Waals surface area contributed by atoms with E-state index in [1.807, 2.05) is 27.1 Å². The second kappa shape index (κ2) is 8.46. The predicted molar refractivity (Wildman–Crippen MR) is 96.7 cm³/mol. The number of aryl methyl sites for hydroxylation is 2. The summed E-state index contributed by atoms with van der Waals surface area (Å²) in [6.45, 7) is 9.12. The molecule has 1 unspecified atom stereocenters. The number of amides is 1. The maximum Gasteiger partial charge on any atom is 0.415 e. The Labute approximate surface area is 148 Å². The van der Waals surface area contributed by atoms with Gasteiger partial charge in [0, 0.05) is 25.0 Å². The molecule has 0 aliphatic carbocycles. The Morgan fingerprint density at radius 1 is 1.40 bits per heavy atom. The zero-order valence-corrected chi connectivity index (χ0v) is 15.5. The van der Waals surface area contributed by atoms with Gasteiger partial charge in [0.1, 0.15) is 12.4 Å². The van der Waals surface area contributed by atoms with Gasteiger partial charge in [0.2, 0.25) is 5.95 Å². The summed E-state index contributed by atoms with van der Waals surface area (Å²) in [5.74, 6) is 1.00. The SMILES string of the molecule is CCC.Cc1nn(C)cc1C(C)Nc1nccc(N2CCOC2=O)n1. The smallest absolute Gasteiger partial charge is 0.415 e. The molecule has 1 amide bonds. The molecule has 136 valence electrons. The van der Waals surface area contributed by atoms with Crippen LogP contribution < -0.4 is 10.2 Å². The lowest BCUT2D eigenvalue weighted by Gasteiger charge is -2.15. The van der Waals surface area contributed by atoms with Crippen LogP contribution in [0.3, 0.4) is 0 Å². The molecule has 2 aromatic rings. The van der Waals surface area contributed by atoms with Crippen LogP contribution in [-0.2, 0) is 11.8 Å². The number of rotatable bonds is 4. The minimum Gasteiger partial charge on any atom is -0.447 e. The molecule has 3 heterocycles. The van der Waals surface area contributed by atoms with Crippen molar-refractivity contribution < 1.29 is 9.53 Å². The fourth-order valence-electron chi connectivity index (χ4n) is 2.49. The Balaban J connectivity index is 0.000000701. The summed E-state index contributed by atoms with van der Waals surface area (Å²) in [6, 6.07) is 1.70. The van der Waals surface area contributed by atoms with E-state index in [0.29, 0.717) is 24.9 Å². The average molecular weight is 346 g/mol.